The third-order valence-electron chi connectivity index (χ3n) is 3.61. The van der Waals surface area contributed by atoms with E-state index in [1.165, 1.54) is 49.6 Å². The van der Waals surface area contributed by atoms with Crippen molar-refractivity contribution in [3.63, 3.8) is 0 Å². The zero-order chi connectivity index (χ0) is 20.2. The third-order valence-corrected chi connectivity index (χ3v) is 4.54. The summed E-state index contributed by atoms with van der Waals surface area (Å²) < 4.78 is 27.6. The van der Waals surface area contributed by atoms with Crippen LogP contribution in [0.5, 0.6) is 5.75 Å². The lowest BCUT2D eigenvalue weighted by Crippen LogP contribution is -2.32. The maximum atomic E-state index is 12.4. The highest BCUT2D eigenvalue weighted by molar-refractivity contribution is 7.89. The number of nitro groups is 1. The number of nitrogens with one attached hydrogen (secondary N) is 2. The van der Waals surface area contributed by atoms with Gasteiger partial charge >= 0.3 is 0 Å². The largest absolute Gasteiger partial charge is 0.495 e. The highest BCUT2D eigenvalue weighted by Crippen LogP contribution is 2.29. The minimum absolute atomic E-state index is 0.0495. The molecule has 11 heteroatoms. The molecule has 0 aliphatic carbocycles. The van der Waals surface area contributed by atoms with Gasteiger partial charge in [-0.1, -0.05) is 0 Å². The van der Waals surface area contributed by atoms with E-state index in [4.69, 9.17) is 9.88 Å². The summed E-state index contributed by atoms with van der Waals surface area (Å²) in [5.41, 5.74) is 0.469. The minimum atomic E-state index is -3.80. The molecule has 0 spiro atoms. The van der Waals surface area contributed by atoms with Gasteiger partial charge < -0.3 is 15.4 Å². The first-order valence-corrected chi connectivity index (χ1v) is 9.19. The first kappa shape index (κ1) is 20.1. The Balaban J connectivity index is 2.12. The van der Waals surface area contributed by atoms with Gasteiger partial charge in [0.05, 0.1) is 22.6 Å². The van der Waals surface area contributed by atoms with E-state index in [2.05, 4.69) is 10.6 Å². The van der Waals surface area contributed by atoms with Crippen molar-refractivity contribution in [2.24, 2.45) is 5.14 Å². The summed E-state index contributed by atoms with van der Waals surface area (Å²) in [7, 11) is -2.42. The average molecular weight is 394 g/mol. The Kier molecular flexibility index (Phi) is 5.98. The van der Waals surface area contributed by atoms with Gasteiger partial charge in [-0.3, -0.25) is 14.9 Å². The lowest BCUT2D eigenvalue weighted by molar-refractivity contribution is -0.384. The van der Waals surface area contributed by atoms with Crippen LogP contribution >= 0.6 is 0 Å². The van der Waals surface area contributed by atoms with E-state index in [1.54, 1.807) is 6.92 Å². The maximum absolute atomic E-state index is 12.4. The number of amides is 1. The fourth-order valence-electron chi connectivity index (χ4n) is 2.20. The number of anilines is 2. The number of nitrogens with two attached hydrogens (primary N) is 1. The van der Waals surface area contributed by atoms with Gasteiger partial charge in [0.15, 0.2) is 0 Å². The second-order valence-corrected chi connectivity index (χ2v) is 7.13. The van der Waals surface area contributed by atoms with Crippen molar-refractivity contribution in [2.75, 3.05) is 17.7 Å². The van der Waals surface area contributed by atoms with Crippen molar-refractivity contribution in [3.05, 3.63) is 52.6 Å². The molecule has 0 unspecified atom stereocenters. The van der Waals surface area contributed by atoms with Crippen molar-refractivity contribution in [2.45, 2.75) is 17.9 Å². The van der Waals surface area contributed by atoms with Crippen LogP contribution in [-0.4, -0.2) is 32.4 Å². The van der Waals surface area contributed by atoms with Crippen LogP contribution in [0.1, 0.15) is 6.92 Å². The van der Waals surface area contributed by atoms with Crippen LogP contribution in [0.25, 0.3) is 0 Å². The Hall–Kier alpha value is -3.18. The summed E-state index contributed by atoms with van der Waals surface area (Å²) in [4.78, 5) is 22.6. The predicted octanol–water partition coefficient (Wildman–Crippen LogP) is 1.69. The number of nitrogens with zero attached hydrogens (tertiary/aromatic N) is 1. The number of rotatable bonds is 7. The Morgan fingerprint density at radius 3 is 2.37 bits per heavy atom. The molecule has 0 saturated heterocycles. The summed E-state index contributed by atoms with van der Waals surface area (Å²) in [6.45, 7) is 1.58. The van der Waals surface area contributed by atoms with Gasteiger partial charge in [-0.05, 0) is 37.3 Å². The molecule has 0 aliphatic heterocycles. The topological polar surface area (TPSA) is 154 Å². The molecule has 144 valence electrons. The SMILES string of the molecule is COc1ccc([N+](=O)[O-])cc1NC(=O)[C@H](C)Nc1ccc(S(N)(=O)=O)cc1. The van der Waals surface area contributed by atoms with Crippen molar-refractivity contribution >= 4 is 33.0 Å². The number of non-ortho nitro benzene ring substituents is 1. The fraction of sp³-hybridized carbons (Fsp3) is 0.188. The van der Waals surface area contributed by atoms with Crippen LogP contribution in [0, 0.1) is 10.1 Å². The lowest BCUT2D eigenvalue weighted by atomic mass is 10.2. The number of carbonyl (C=O) groups is 1. The molecular weight excluding hydrogens is 376 g/mol. The van der Waals surface area contributed by atoms with E-state index in [0.717, 1.165) is 0 Å². The molecule has 1 amide bonds. The number of methoxy groups -OCH3 is 1. The quantitative estimate of drug-likeness (QED) is 0.477. The van der Waals surface area contributed by atoms with Crippen LogP contribution < -0.4 is 20.5 Å². The summed E-state index contributed by atoms with van der Waals surface area (Å²) >= 11 is 0. The molecule has 0 heterocycles. The van der Waals surface area contributed by atoms with Crippen molar-refractivity contribution < 1.29 is 22.9 Å². The van der Waals surface area contributed by atoms with Gasteiger partial charge in [-0.2, -0.15) is 0 Å². The van der Waals surface area contributed by atoms with E-state index < -0.39 is 26.9 Å². The maximum Gasteiger partial charge on any atom is 0.271 e. The van der Waals surface area contributed by atoms with E-state index in [1.807, 2.05) is 0 Å². The first-order valence-electron chi connectivity index (χ1n) is 7.64. The van der Waals surface area contributed by atoms with Crippen molar-refractivity contribution in [1.82, 2.24) is 0 Å². The normalized spacial score (nSPS) is 12.1. The predicted molar refractivity (Wildman–Crippen MR) is 99.2 cm³/mol. The highest BCUT2D eigenvalue weighted by Gasteiger charge is 2.18. The second kappa shape index (κ2) is 8.01. The van der Waals surface area contributed by atoms with Crippen LogP contribution in [0.4, 0.5) is 17.1 Å². The molecule has 0 radical (unpaired) electrons. The molecule has 0 fully saturated rings. The number of nitro benzene ring substituents is 1. The molecule has 2 aromatic rings. The molecular formula is C16H18N4O6S. The van der Waals surface area contributed by atoms with Gasteiger partial charge in [-0.25, -0.2) is 13.6 Å². The molecule has 0 saturated carbocycles. The zero-order valence-electron chi connectivity index (χ0n) is 14.5. The van der Waals surface area contributed by atoms with E-state index in [0.29, 0.717) is 5.69 Å². The molecule has 27 heavy (non-hydrogen) atoms. The molecule has 10 nitrogen and oxygen atoms in total. The third kappa shape index (κ3) is 5.15. The Morgan fingerprint density at radius 2 is 1.85 bits per heavy atom. The fourth-order valence-corrected chi connectivity index (χ4v) is 2.72. The Bertz CT molecular complexity index is 959. The van der Waals surface area contributed by atoms with Crippen LogP contribution in [0.2, 0.25) is 0 Å². The summed E-state index contributed by atoms with van der Waals surface area (Å²) in [6.07, 6.45) is 0. The highest BCUT2D eigenvalue weighted by atomic mass is 32.2. The second-order valence-electron chi connectivity index (χ2n) is 5.57. The standard InChI is InChI=1S/C16H18N4O6S/c1-10(18-11-3-6-13(7-4-11)27(17,24)25)16(21)19-14-9-12(20(22)23)5-8-15(14)26-2/h3-10,18H,1-2H3,(H,19,21)(H2,17,24,25)/t10-/m0/s1. The number of hydrogen-bond donors (Lipinski definition) is 3. The average Bonchev–Trinajstić information content (AvgIpc) is 2.61. The van der Waals surface area contributed by atoms with Gasteiger partial charge in [-0.15, -0.1) is 0 Å². The van der Waals surface area contributed by atoms with E-state index >= 15 is 0 Å². The minimum Gasteiger partial charge on any atom is -0.495 e. The summed E-state index contributed by atoms with van der Waals surface area (Å²) in [6, 6.07) is 8.69. The molecule has 2 aromatic carbocycles. The number of benzene rings is 2. The molecule has 1 atom stereocenters. The van der Waals surface area contributed by atoms with Gasteiger partial charge in [0.1, 0.15) is 11.8 Å². The van der Waals surface area contributed by atoms with Crippen LogP contribution in [0.15, 0.2) is 47.4 Å². The van der Waals surface area contributed by atoms with Gasteiger partial charge in [0.25, 0.3) is 5.69 Å². The number of primary sulfonamides is 1. The molecule has 0 aromatic heterocycles. The zero-order valence-corrected chi connectivity index (χ0v) is 15.3. The molecule has 4 N–H and O–H groups in total. The smallest absolute Gasteiger partial charge is 0.271 e. The molecule has 2 rings (SSSR count). The lowest BCUT2D eigenvalue weighted by Gasteiger charge is -2.16. The monoisotopic (exact) mass is 394 g/mol. The van der Waals surface area contributed by atoms with E-state index in [-0.39, 0.29) is 22.0 Å². The first-order chi connectivity index (χ1) is 12.6. The van der Waals surface area contributed by atoms with Gasteiger partial charge in [0, 0.05) is 17.8 Å². The van der Waals surface area contributed by atoms with Crippen LogP contribution in [-0.2, 0) is 14.8 Å². The molecule has 0 bridgehead atoms. The van der Waals surface area contributed by atoms with Gasteiger partial charge in [0.2, 0.25) is 15.9 Å². The summed E-state index contributed by atoms with van der Waals surface area (Å²) in [5, 5.41) is 21.4. The molecule has 0 aliphatic rings. The number of carbonyl (C=O) groups excluding carboxylic acids is 1. The van der Waals surface area contributed by atoms with Crippen LogP contribution in [0.3, 0.4) is 0 Å². The number of sulfonamides is 1. The Morgan fingerprint density at radius 1 is 1.22 bits per heavy atom. The van der Waals surface area contributed by atoms with E-state index in [9.17, 15) is 23.3 Å². The Labute approximate surface area is 155 Å². The number of hydrogen-bond acceptors (Lipinski definition) is 7. The van der Waals surface area contributed by atoms with Crippen molar-refractivity contribution in [3.8, 4) is 5.75 Å². The van der Waals surface area contributed by atoms with Crippen molar-refractivity contribution in [1.29, 1.82) is 0 Å². The summed E-state index contributed by atoms with van der Waals surface area (Å²) in [5.74, 6) is -0.192. The number of ether oxygens (including phenoxy) is 1.